The van der Waals surface area contributed by atoms with Crippen molar-refractivity contribution in [1.82, 2.24) is 20.3 Å². The van der Waals surface area contributed by atoms with E-state index in [-0.39, 0.29) is 17.6 Å². The average molecular weight is 402 g/mol. The Kier molecular flexibility index (Phi) is 5.34. The first-order chi connectivity index (χ1) is 14.6. The molecule has 30 heavy (non-hydrogen) atoms. The monoisotopic (exact) mass is 402 g/mol. The first-order valence-electron chi connectivity index (χ1n) is 9.52. The number of hydrogen-bond acceptors (Lipinski definition) is 5. The van der Waals surface area contributed by atoms with Gasteiger partial charge in [-0.05, 0) is 30.2 Å². The van der Waals surface area contributed by atoms with Crippen molar-refractivity contribution in [3.05, 3.63) is 89.4 Å². The van der Waals surface area contributed by atoms with Gasteiger partial charge < -0.3 is 14.6 Å². The van der Waals surface area contributed by atoms with Gasteiger partial charge in [-0.1, -0.05) is 47.6 Å². The second-order valence-corrected chi connectivity index (χ2v) is 6.94. The Morgan fingerprint density at radius 2 is 1.87 bits per heavy atom. The van der Waals surface area contributed by atoms with Crippen LogP contribution in [0.25, 0.3) is 11.3 Å². The van der Waals surface area contributed by atoms with Crippen LogP contribution in [0.1, 0.15) is 33.4 Å². The summed E-state index contributed by atoms with van der Waals surface area (Å²) in [5.41, 5.74) is 3.79. The third-order valence-electron chi connectivity index (χ3n) is 5.08. The van der Waals surface area contributed by atoms with Crippen LogP contribution in [0.2, 0.25) is 0 Å². The summed E-state index contributed by atoms with van der Waals surface area (Å²) in [5.74, 6) is 0.894. The summed E-state index contributed by atoms with van der Waals surface area (Å²) < 4.78 is 12.5. The van der Waals surface area contributed by atoms with Gasteiger partial charge in [0.1, 0.15) is 5.75 Å². The molecule has 0 bridgehead atoms. The largest absolute Gasteiger partial charge is 0.497 e. The molecule has 7 nitrogen and oxygen atoms in total. The van der Waals surface area contributed by atoms with E-state index in [1.165, 1.54) is 0 Å². The first kappa shape index (κ1) is 19.4. The van der Waals surface area contributed by atoms with Crippen molar-refractivity contribution in [3.8, 4) is 17.1 Å². The van der Waals surface area contributed by atoms with E-state index >= 15 is 0 Å². The molecule has 0 saturated carbocycles. The molecule has 7 heteroatoms. The number of hydrogen-bond donors (Lipinski definition) is 1. The van der Waals surface area contributed by atoms with E-state index < -0.39 is 0 Å². The third kappa shape index (κ3) is 3.82. The van der Waals surface area contributed by atoms with Gasteiger partial charge in [0.15, 0.2) is 11.5 Å². The molecule has 2 heterocycles. The van der Waals surface area contributed by atoms with E-state index in [0.717, 1.165) is 28.1 Å². The van der Waals surface area contributed by atoms with Crippen molar-refractivity contribution in [3.63, 3.8) is 0 Å². The summed E-state index contributed by atoms with van der Waals surface area (Å²) in [4.78, 5) is 13.0. The number of ether oxygens (including phenoxy) is 1. The molecule has 2 aromatic heterocycles. The summed E-state index contributed by atoms with van der Waals surface area (Å²) in [5, 5.41) is 11.2. The number of methoxy groups -OCH3 is 1. The Morgan fingerprint density at radius 1 is 1.10 bits per heavy atom. The van der Waals surface area contributed by atoms with Gasteiger partial charge in [-0.15, -0.1) is 0 Å². The van der Waals surface area contributed by atoms with Gasteiger partial charge in [-0.3, -0.25) is 9.48 Å². The van der Waals surface area contributed by atoms with Crippen molar-refractivity contribution in [2.75, 3.05) is 7.11 Å². The summed E-state index contributed by atoms with van der Waals surface area (Å²) >= 11 is 0. The highest BCUT2D eigenvalue weighted by Crippen LogP contribution is 2.27. The molecule has 0 spiro atoms. The van der Waals surface area contributed by atoms with Gasteiger partial charge in [0, 0.05) is 18.8 Å². The fourth-order valence-electron chi connectivity index (χ4n) is 3.28. The molecule has 2 aromatic carbocycles. The normalized spacial score (nSPS) is 11.8. The number of amides is 1. The van der Waals surface area contributed by atoms with E-state index in [4.69, 9.17) is 9.26 Å². The molecule has 0 aliphatic carbocycles. The number of benzene rings is 2. The molecular weight excluding hydrogens is 380 g/mol. The standard InChI is InChI=1S/C23H22N4O3/c1-15-19(14-24-27(15)2)21-13-20(26-30-21)23(28)25-22(16-8-5-4-6-9-16)17-10-7-11-18(12-17)29-3/h4-14,22H,1-3H3,(H,25,28)/t22-/m0/s1. The maximum absolute atomic E-state index is 13.0. The highest BCUT2D eigenvalue weighted by atomic mass is 16.5. The molecule has 4 rings (SSSR count). The van der Waals surface area contributed by atoms with Crippen molar-refractivity contribution >= 4 is 5.91 Å². The fourth-order valence-corrected chi connectivity index (χ4v) is 3.28. The van der Waals surface area contributed by atoms with E-state index in [1.807, 2.05) is 68.6 Å². The summed E-state index contributed by atoms with van der Waals surface area (Å²) in [7, 11) is 3.47. The zero-order valence-corrected chi connectivity index (χ0v) is 17.0. The smallest absolute Gasteiger partial charge is 0.274 e. The van der Waals surface area contributed by atoms with Crippen LogP contribution in [0.5, 0.6) is 5.75 Å². The van der Waals surface area contributed by atoms with Crippen molar-refractivity contribution in [1.29, 1.82) is 0 Å². The number of aromatic nitrogens is 3. The van der Waals surface area contributed by atoms with Gasteiger partial charge in [-0.25, -0.2) is 0 Å². The lowest BCUT2D eigenvalue weighted by Crippen LogP contribution is -2.29. The zero-order chi connectivity index (χ0) is 21.1. The second kappa shape index (κ2) is 8.24. The SMILES string of the molecule is COc1cccc([C@@H](NC(=O)c2cc(-c3cnn(C)c3C)on2)c2ccccc2)c1. The summed E-state index contributed by atoms with van der Waals surface area (Å²) in [6.07, 6.45) is 1.69. The van der Waals surface area contributed by atoms with Crippen LogP contribution in [0.3, 0.4) is 0 Å². The molecule has 0 aliphatic heterocycles. The van der Waals surface area contributed by atoms with E-state index in [0.29, 0.717) is 5.76 Å². The molecular formula is C23H22N4O3. The maximum atomic E-state index is 13.0. The topological polar surface area (TPSA) is 82.2 Å². The lowest BCUT2D eigenvalue weighted by molar-refractivity contribution is 0.0934. The van der Waals surface area contributed by atoms with Crippen molar-refractivity contribution in [2.24, 2.45) is 7.05 Å². The van der Waals surface area contributed by atoms with Crippen LogP contribution in [-0.4, -0.2) is 28.0 Å². The molecule has 1 N–H and O–H groups in total. The van der Waals surface area contributed by atoms with E-state index in [9.17, 15) is 4.79 Å². The van der Waals surface area contributed by atoms with Gasteiger partial charge in [0.05, 0.1) is 24.9 Å². The van der Waals surface area contributed by atoms with Crippen LogP contribution in [-0.2, 0) is 7.05 Å². The lowest BCUT2D eigenvalue weighted by atomic mass is 9.98. The maximum Gasteiger partial charge on any atom is 0.274 e. The van der Waals surface area contributed by atoms with Crippen LogP contribution in [0.4, 0.5) is 0 Å². The Labute approximate surface area is 174 Å². The number of carbonyl (C=O) groups excluding carboxylic acids is 1. The number of nitrogens with one attached hydrogen (secondary N) is 1. The molecule has 0 aliphatic rings. The number of nitrogens with zero attached hydrogens (tertiary/aromatic N) is 3. The minimum Gasteiger partial charge on any atom is -0.497 e. The molecule has 0 unspecified atom stereocenters. The van der Waals surface area contributed by atoms with Gasteiger partial charge in [0.25, 0.3) is 5.91 Å². The minimum absolute atomic E-state index is 0.206. The molecule has 152 valence electrons. The Balaban J connectivity index is 1.63. The van der Waals surface area contributed by atoms with Crippen LogP contribution in [0.15, 0.2) is 71.4 Å². The van der Waals surface area contributed by atoms with Gasteiger partial charge in [-0.2, -0.15) is 5.10 Å². The first-order valence-corrected chi connectivity index (χ1v) is 9.52. The predicted molar refractivity (Wildman–Crippen MR) is 112 cm³/mol. The number of rotatable bonds is 6. The predicted octanol–water partition coefficient (Wildman–Crippen LogP) is 3.91. The number of carbonyl (C=O) groups is 1. The van der Waals surface area contributed by atoms with E-state index in [2.05, 4.69) is 15.6 Å². The molecule has 0 saturated heterocycles. The minimum atomic E-state index is -0.367. The van der Waals surface area contributed by atoms with Crippen LogP contribution in [0, 0.1) is 6.92 Å². The van der Waals surface area contributed by atoms with Gasteiger partial charge >= 0.3 is 0 Å². The lowest BCUT2D eigenvalue weighted by Gasteiger charge is -2.19. The molecule has 1 atom stereocenters. The van der Waals surface area contributed by atoms with Crippen LogP contribution < -0.4 is 10.1 Å². The highest BCUT2D eigenvalue weighted by Gasteiger charge is 2.22. The van der Waals surface area contributed by atoms with E-state index in [1.54, 1.807) is 24.1 Å². The molecule has 1 amide bonds. The van der Waals surface area contributed by atoms with Crippen LogP contribution >= 0.6 is 0 Å². The van der Waals surface area contributed by atoms with Crippen molar-refractivity contribution in [2.45, 2.75) is 13.0 Å². The Hall–Kier alpha value is -3.87. The number of aryl methyl sites for hydroxylation is 1. The third-order valence-corrected chi connectivity index (χ3v) is 5.08. The fraction of sp³-hybridized carbons (Fsp3) is 0.174. The van der Waals surface area contributed by atoms with Gasteiger partial charge in [0.2, 0.25) is 0 Å². The molecule has 4 aromatic rings. The Bertz CT molecular complexity index is 1160. The van der Waals surface area contributed by atoms with Crippen molar-refractivity contribution < 1.29 is 14.1 Å². The summed E-state index contributed by atoms with van der Waals surface area (Å²) in [6.45, 7) is 1.93. The second-order valence-electron chi connectivity index (χ2n) is 6.94. The Morgan fingerprint density at radius 3 is 2.57 bits per heavy atom. The average Bonchev–Trinajstić information content (AvgIpc) is 3.39. The molecule has 0 fully saturated rings. The quantitative estimate of drug-likeness (QED) is 0.529. The summed E-state index contributed by atoms with van der Waals surface area (Å²) in [6, 6.07) is 18.6. The molecule has 0 radical (unpaired) electrons. The highest BCUT2D eigenvalue weighted by molar-refractivity contribution is 5.93. The zero-order valence-electron chi connectivity index (χ0n) is 17.0.